The molecule has 2 atom stereocenters. The van der Waals surface area contributed by atoms with Crippen molar-refractivity contribution < 1.29 is 31.1 Å². The zero-order valence-corrected chi connectivity index (χ0v) is 15.5. The highest BCUT2D eigenvalue weighted by molar-refractivity contribution is 7.89. The minimum Gasteiger partial charge on any atom is -0.469 e. The largest absolute Gasteiger partial charge is 0.469 e. The predicted octanol–water partition coefficient (Wildman–Crippen LogP) is 3.04. The second-order valence-corrected chi connectivity index (χ2v) is 8.53. The molecule has 1 rings (SSSR count). The molecule has 25 heavy (non-hydrogen) atoms. The van der Waals surface area contributed by atoms with Crippen molar-refractivity contribution in [3.05, 3.63) is 29.8 Å². The average molecular weight is 381 g/mol. The number of carbonyl (C=O) groups excluding carboxylic acids is 1. The lowest BCUT2D eigenvalue weighted by atomic mass is 9.76. The molecule has 0 amide bonds. The summed E-state index contributed by atoms with van der Waals surface area (Å²) < 4.78 is 71.6. The lowest BCUT2D eigenvalue weighted by molar-refractivity contribution is -0.186. The van der Waals surface area contributed by atoms with Gasteiger partial charge < -0.3 is 4.74 Å². The molecule has 0 aromatic heterocycles. The van der Waals surface area contributed by atoms with E-state index in [4.69, 9.17) is 0 Å². The quantitative estimate of drug-likeness (QED) is 0.796. The number of methoxy groups -OCH3 is 1. The van der Waals surface area contributed by atoms with Gasteiger partial charge in [0.15, 0.2) is 0 Å². The fraction of sp³-hybridized carbons (Fsp3) is 0.562. The number of aryl methyl sites for hydroxylation is 1. The molecule has 0 bridgehead atoms. The highest BCUT2D eigenvalue weighted by Crippen LogP contribution is 2.38. The lowest BCUT2D eigenvalue weighted by Gasteiger charge is -2.36. The topological polar surface area (TPSA) is 72.5 Å². The Labute approximate surface area is 145 Å². The monoisotopic (exact) mass is 381 g/mol. The maximum atomic E-state index is 13.6. The van der Waals surface area contributed by atoms with Crippen molar-refractivity contribution in [2.45, 2.75) is 44.8 Å². The van der Waals surface area contributed by atoms with E-state index in [2.05, 4.69) is 4.74 Å². The molecule has 0 saturated carbocycles. The summed E-state index contributed by atoms with van der Waals surface area (Å²) in [6, 6.07) is 2.73. The van der Waals surface area contributed by atoms with Crippen LogP contribution in [0.4, 0.5) is 13.2 Å². The van der Waals surface area contributed by atoms with Gasteiger partial charge in [0, 0.05) is 0 Å². The van der Waals surface area contributed by atoms with Crippen molar-refractivity contribution in [2.24, 2.45) is 11.3 Å². The second kappa shape index (κ2) is 7.33. The minimum absolute atomic E-state index is 0.315. The van der Waals surface area contributed by atoms with Gasteiger partial charge in [0.1, 0.15) is 6.04 Å². The van der Waals surface area contributed by atoms with E-state index in [1.54, 1.807) is 11.6 Å². The van der Waals surface area contributed by atoms with E-state index in [1.807, 2.05) is 0 Å². The molecule has 0 aliphatic carbocycles. The summed E-state index contributed by atoms with van der Waals surface area (Å²) in [6.45, 7) is 5.95. The Hall–Kier alpha value is -1.61. The maximum Gasteiger partial charge on any atom is 0.405 e. The molecule has 0 radical (unpaired) electrons. The molecule has 1 aromatic carbocycles. The molecule has 0 fully saturated rings. The smallest absolute Gasteiger partial charge is 0.405 e. The zero-order chi connectivity index (χ0) is 19.6. The van der Waals surface area contributed by atoms with Crippen LogP contribution in [0.5, 0.6) is 0 Å². The van der Waals surface area contributed by atoms with Gasteiger partial charge in [-0.25, -0.2) is 8.42 Å². The molecule has 2 unspecified atom stereocenters. The first-order valence-electron chi connectivity index (χ1n) is 7.43. The molecule has 1 N–H and O–H groups in total. The molecular weight excluding hydrogens is 359 g/mol. The molecule has 0 aliphatic rings. The van der Waals surface area contributed by atoms with Crippen LogP contribution >= 0.6 is 0 Å². The van der Waals surface area contributed by atoms with E-state index < -0.39 is 39.5 Å². The molecule has 5 nitrogen and oxygen atoms in total. The number of ether oxygens (including phenoxy) is 1. The van der Waals surface area contributed by atoms with E-state index >= 15 is 0 Å². The van der Waals surface area contributed by atoms with Crippen LogP contribution in [-0.2, 0) is 19.6 Å². The summed E-state index contributed by atoms with van der Waals surface area (Å²) in [5.74, 6) is -2.89. The van der Waals surface area contributed by atoms with Crippen LogP contribution < -0.4 is 4.72 Å². The lowest BCUT2D eigenvalue weighted by Crippen LogP contribution is -2.56. The highest BCUT2D eigenvalue weighted by Gasteiger charge is 2.54. The first kappa shape index (κ1) is 21.4. The third-order valence-corrected chi connectivity index (χ3v) is 5.14. The SMILES string of the molecule is COC(=O)C(C(NS(=O)(=O)c1ccc(C)cc1)C(F)(F)F)C(C)(C)C. The molecule has 9 heteroatoms. The number of alkyl halides is 3. The first-order valence-corrected chi connectivity index (χ1v) is 8.92. The Balaban J connectivity index is 3.36. The third-order valence-electron chi connectivity index (χ3n) is 3.69. The van der Waals surface area contributed by atoms with E-state index in [0.29, 0.717) is 0 Å². The van der Waals surface area contributed by atoms with Gasteiger partial charge in [0.2, 0.25) is 10.0 Å². The second-order valence-electron chi connectivity index (χ2n) is 6.82. The normalized spacial score (nSPS) is 15.5. The first-order chi connectivity index (χ1) is 11.2. The highest BCUT2D eigenvalue weighted by atomic mass is 32.2. The van der Waals surface area contributed by atoms with Crippen LogP contribution in [0.15, 0.2) is 29.2 Å². The Morgan fingerprint density at radius 1 is 1.12 bits per heavy atom. The van der Waals surface area contributed by atoms with E-state index in [0.717, 1.165) is 12.7 Å². The summed E-state index contributed by atoms with van der Waals surface area (Å²) in [5, 5.41) is 0. The summed E-state index contributed by atoms with van der Waals surface area (Å²) in [5.41, 5.74) is -0.434. The molecular formula is C16H22F3NO4S. The number of benzene rings is 1. The van der Waals surface area contributed by atoms with Crippen LogP contribution in [0.2, 0.25) is 0 Å². The standard InChI is InChI=1S/C16H22F3NO4S/c1-10-6-8-11(9-7-10)25(22,23)20-13(16(17,18)19)12(14(21)24-5)15(2,3)4/h6-9,12-13,20H,1-5H3. The number of hydrogen-bond acceptors (Lipinski definition) is 4. The number of carbonyl (C=O) groups is 1. The Kier molecular flexibility index (Phi) is 6.28. The number of rotatable bonds is 5. The van der Waals surface area contributed by atoms with Gasteiger partial charge in [-0.1, -0.05) is 38.5 Å². The Morgan fingerprint density at radius 2 is 1.60 bits per heavy atom. The van der Waals surface area contributed by atoms with Gasteiger partial charge in [-0.2, -0.15) is 17.9 Å². The van der Waals surface area contributed by atoms with Gasteiger partial charge in [0.25, 0.3) is 0 Å². The fourth-order valence-corrected chi connectivity index (χ4v) is 3.63. The van der Waals surface area contributed by atoms with Gasteiger partial charge in [-0.15, -0.1) is 0 Å². The Bertz CT molecular complexity index is 706. The predicted molar refractivity (Wildman–Crippen MR) is 86.3 cm³/mol. The van der Waals surface area contributed by atoms with Crippen LogP contribution in [-0.4, -0.2) is 33.7 Å². The fourth-order valence-electron chi connectivity index (χ4n) is 2.39. The average Bonchev–Trinajstić information content (AvgIpc) is 2.44. The van der Waals surface area contributed by atoms with E-state index in [-0.39, 0.29) is 4.90 Å². The van der Waals surface area contributed by atoms with E-state index in [1.165, 1.54) is 45.0 Å². The molecule has 0 saturated heterocycles. The number of esters is 1. The molecule has 0 spiro atoms. The van der Waals surface area contributed by atoms with E-state index in [9.17, 15) is 26.4 Å². The van der Waals surface area contributed by atoms with Crippen molar-refractivity contribution >= 4 is 16.0 Å². The third kappa shape index (κ3) is 5.43. The number of hydrogen-bond donors (Lipinski definition) is 1. The summed E-state index contributed by atoms with van der Waals surface area (Å²) in [6.07, 6.45) is -4.98. The summed E-state index contributed by atoms with van der Waals surface area (Å²) >= 11 is 0. The Morgan fingerprint density at radius 3 is 1.96 bits per heavy atom. The van der Waals surface area contributed by atoms with Crippen molar-refractivity contribution in [2.75, 3.05) is 7.11 Å². The summed E-state index contributed by atoms with van der Waals surface area (Å²) in [4.78, 5) is 11.6. The van der Waals surface area contributed by atoms with Gasteiger partial charge in [0.05, 0.1) is 17.9 Å². The zero-order valence-electron chi connectivity index (χ0n) is 14.6. The minimum atomic E-state index is -4.98. The maximum absolute atomic E-state index is 13.6. The molecule has 142 valence electrons. The summed E-state index contributed by atoms with van der Waals surface area (Å²) in [7, 11) is -3.52. The van der Waals surface area contributed by atoms with Crippen molar-refractivity contribution in [1.29, 1.82) is 0 Å². The van der Waals surface area contributed by atoms with Crippen LogP contribution in [0, 0.1) is 18.3 Å². The van der Waals surface area contributed by atoms with Gasteiger partial charge >= 0.3 is 12.1 Å². The number of nitrogens with one attached hydrogen (secondary N) is 1. The van der Waals surface area contributed by atoms with Crippen LogP contribution in [0.1, 0.15) is 26.3 Å². The van der Waals surface area contributed by atoms with Crippen molar-refractivity contribution in [1.82, 2.24) is 4.72 Å². The van der Waals surface area contributed by atoms with Gasteiger partial charge in [-0.05, 0) is 24.5 Å². The van der Waals surface area contributed by atoms with Crippen LogP contribution in [0.3, 0.4) is 0 Å². The van der Waals surface area contributed by atoms with Crippen molar-refractivity contribution in [3.63, 3.8) is 0 Å². The van der Waals surface area contributed by atoms with Gasteiger partial charge in [-0.3, -0.25) is 4.79 Å². The molecule has 1 aromatic rings. The van der Waals surface area contributed by atoms with Crippen molar-refractivity contribution in [3.8, 4) is 0 Å². The number of halogens is 3. The molecule has 0 heterocycles. The number of sulfonamides is 1. The van der Waals surface area contributed by atoms with Crippen LogP contribution in [0.25, 0.3) is 0 Å². The molecule has 0 aliphatic heterocycles.